The van der Waals surface area contributed by atoms with Crippen LogP contribution in [-0.4, -0.2) is 52.2 Å². The third-order valence-electron chi connectivity index (χ3n) is 3.21. The number of hydrogen-bond donors (Lipinski definition) is 1. The molecule has 0 radical (unpaired) electrons. The standard InChI is InChI=1S/C14H19NO6.C3H5ClO2/c1-4-19-14(16)15-9-5-6-10(17-2)12(18-3)11(9)13-20-7-8-21-13;1-2-6-3(4)5/h5-6,13H,4,7-8H2,1-3H3,(H,15,16);2H2,1H3. The molecule has 152 valence electrons. The van der Waals surface area contributed by atoms with Gasteiger partial charge in [0.2, 0.25) is 0 Å². The summed E-state index contributed by atoms with van der Waals surface area (Å²) in [5, 5.41) is 2.66. The molecule has 0 atom stereocenters. The van der Waals surface area contributed by atoms with Gasteiger partial charge in [0.05, 0.1) is 51.9 Å². The molecular formula is C17H24ClNO8. The highest BCUT2D eigenvalue weighted by atomic mass is 35.5. The first-order valence-corrected chi connectivity index (χ1v) is 8.60. The number of hydrogen-bond acceptors (Lipinski definition) is 8. The number of ether oxygens (including phenoxy) is 6. The summed E-state index contributed by atoms with van der Waals surface area (Å²) in [4.78, 5) is 21.2. The highest BCUT2D eigenvalue weighted by Gasteiger charge is 2.28. The summed E-state index contributed by atoms with van der Waals surface area (Å²) in [6.07, 6.45) is -1.17. The van der Waals surface area contributed by atoms with Crippen LogP contribution in [0.3, 0.4) is 0 Å². The third kappa shape index (κ3) is 7.12. The first-order valence-electron chi connectivity index (χ1n) is 8.22. The van der Waals surface area contributed by atoms with E-state index in [0.29, 0.717) is 42.6 Å². The average Bonchev–Trinajstić information content (AvgIpc) is 3.16. The van der Waals surface area contributed by atoms with Crippen LogP contribution < -0.4 is 14.8 Å². The second-order valence-electron chi connectivity index (χ2n) is 4.85. The summed E-state index contributed by atoms with van der Waals surface area (Å²) in [5.41, 5.74) is 0.331. The van der Waals surface area contributed by atoms with E-state index in [1.807, 2.05) is 0 Å². The summed E-state index contributed by atoms with van der Waals surface area (Å²) in [5.74, 6) is 0.986. The minimum Gasteiger partial charge on any atom is -0.493 e. The van der Waals surface area contributed by atoms with Gasteiger partial charge in [0.15, 0.2) is 17.8 Å². The van der Waals surface area contributed by atoms with Gasteiger partial charge < -0.3 is 28.4 Å². The Morgan fingerprint density at radius 3 is 2.19 bits per heavy atom. The largest absolute Gasteiger partial charge is 0.493 e. The minimum atomic E-state index is -0.738. The second-order valence-corrected chi connectivity index (χ2v) is 5.16. The molecule has 1 heterocycles. The summed E-state index contributed by atoms with van der Waals surface area (Å²) in [6, 6.07) is 3.39. The van der Waals surface area contributed by atoms with Crippen LogP contribution in [0.15, 0.2) is 12.1 Å². The van der Waals surface area contributed by atoms with E-state index < -0.39 is 17.8 Å². The van der Waals surface area contributed by atoms with E-state index in [4.69, 9.17) is 35.3 Å². The highest BCUT2D eigenvalue weighted by molar-refractivity contribution is 6.61. The molecule has 1 aliphatic heterocycles. The van der Waals surface area contributed by atoms with Crippen LogP contribution >= 0.6 is 11.6 Å². The molecule has 1 saturated heterocycles. The van der Waals surface area contributed by atoms with Gasteiger partial charge in [-0.25, -0.2) is 9.59 Å². The average molecular weight is 406 g/mol. The van der Waals surface area contributed by atoms with Crippen LogP contribution in [0.1, 0.15) is 25.7 Å². The van der Waals surface area contributed by atoms with E-state index in [1.54, 1.807) is 26.0 Å². The molecule has 0 bridgehead atoms. The fraction of sp³-hybridized carbons (Fsp3) is 0.529. The number of amides is 1. The predicted octanol–water partition coefficient (Wildman–Crippen LogP) is 3.70. The maximum absolute atomic E-state index is 11.6. The SMILES string of the molecule is CCOC(=O)Cl.CCOC(=O)Nc1ccc(OC)c(OC)c1C1OCCO1. The van der Waals surface area contributed by atoms with Crippen molar-refractivity contribution >= 4 is 28.8 Å². The minimum absolute atomic E-state index is 0.283. The lowest BCUT2D eigenvalue weighted by Crippen LogP contribution is -2.16. The van der Waals surface area contributed by atoms with Crippen LogP contribution in [0.4, 0.5) is 15.3 Å². The van der Waals surface area contributed by atoms with Crippen molar-refractivity contribution < 1.29 is 38.0 Å². The van der Waals surface area contributed by atoms with Crippen molar-refractivity contribution in [3.05, 3.63) is 17.7 Å². The summed E-state index contributed by atoms with van der Waals surface area (Å²) in [7, 11) is 3.06. The Labute approximate surface area is 162 Å². The van der Waals surface area contributed by atoms with E-state index in [0.717, 1.165) is 0 Å². The lowest BCUT2D eigenvalue weighted by molar-refractivity contribution is -0.0450. The number of benzene rings is 1. The van der Waals surface area contributed by atoms with Gasteiger partial charge in [-0.15, -0.1) is 0 Å². The molecule has 1 fully saturated rings. The predicted molar refractivity (Wildman–Crippen MR) is 97.7 cm³/mol. The molecule has 1 amide bonds. The van der Waals surface area contributed by atoms with E-state index >= 15 is 0 Å². The van der Waals surface area contributed by atoms with Crippen LogP contribution in [0.2, 0.25) is 0 Å². The molecule has 1 aliphatic rings. The molecule has 27 heavy (non-hydrogen) atoms. The molecular weight excluding hydrogens is 382 g/mol. The van der Waals surface area contributed by atoms with E-state index in [-0.39, 0.29) is 6.61 Å². The summed E-state index contributed by atoms with van der Waals surface area (Å²) >= 11 is 4.72. The van der Waals surface area contributed by atoms with Gasteiger partial charge in [0.1, 0.15) is 0 Å². The van der Waals surface area contributed by atoms with Gasteiger partial charge in [-0.1, -0.05) is 0 Å². The molecule has 0 spiro atoms. The number of rotatable bonds is 6. The van der Waals surface area contributed by atoms with Crippen molar-refractivity contribution in [2.24, 2.45) is 0 Å². The van der Waals surface area contributed by atoms with Gasteiger partial charge >= 0.3 is 11.5 Å². The van der Waals surface area contributed by atoms with Crippen LogP contribution in [0, 0.1) is 0 Å². The maximum atomic E-state index is 11.6. The van der Waals surface area contributed by atoms with Crippen molar-refractivity contribution in [2.45, 2.75) is 20.1 Å². The third-order valence-corrected chi connectivity index (χ3v) is 3.32. The number of halogens is 1. The van der Waals surface area contributed by atoms with Crippen LogP contribution in [0.25, 0.3) is 0 Å². The first kappa shape index (κ1) is 22.8. The first-order chi connectivity index (χ1) is 13.0. The fourth-order valence-corrected chi connectivity index (χ4v) is 2.32. The van der Waals surface area contributed by atoms with Gasteiger partial charge in [0, 0.05) is 11.6 Å². The molecule has 1 aromatic rings. The topological polar surface area (TPSA) is 102 Å². The van der Waals surface area contributed by atoms with E-state index in [1.165, 1.54) is 14.2 Å². The molecule has 1 N–H and O–H groups in total. The Morgan fingerprint density at radius 1 is 1.11 bits per heavy atom. The van der Waals surface area contributed by atoms with E-state index in [2.05, 4.69) is 10.1 Å². The van der Waals surface area contributed by atoms with Crippen molar-refractivity contribution in [2.75, 3.05) is 46.0 Å². The lowest BCUT2D eigenvalue weighted by atomic mass is 10.1. The molecule has 1 aromatic carbocycles. The van der Waals surface area contributed by atoms with Crippen molar-refractivity contribution in [1.82, 2.24) is 0 Å². The summed E-state index contributed by atoms with van der Waals surface area (Å²) < 4.78 is 30.7. The Hall–Kier alpha value is -2.23. The number of carbonyl (C=O) groups is 2. The number of anilines is 1. The molecule has 0 unspecified atom stereocenters. The molecule has 0 aromatic heterocycles. The van der Waals surface area contributed by atoms with Crippen molar-refractivity contribution in [3.63, 3.8) is 0 Å². The zero-order chi connectivity index (χ0) is 20.2. The van der Waals surface area contributed by atoms with Gasteiger partial charge in [0.25, 0.3) is 0 Å². The van der Waals surface area contributed by atoms with E-state index in [9.17, 15) is 9.59 Å². The van der Waals surface area contributed by atoms with Crippen LogP contribution in [-0.2, 0) is 18.9 Å². The van der Waals surface area contributed by atoms with Crippen molar-refractivity contribution in [3.8, 4) is 11.5 Å². The Kier molecular flexibility index (Phi) is 10.3. The maximum Gasteiger partial charge on any atom is 0.411 e. The van der Waals surface area contributed by atoms with Crippen LogP contribution in [0.5, 0.6) is 11.5 Å². The molecule has 2 rings (SSSR count). The smallest absolute Gasteiger partial charge is 0.411 e. The molecule has 0 saturated carbocycles. The Morgan fingerprint density at radius 2 is 1.74 bits per heavy atom. The van der Waals surface area contributed by atoms with Crippen molar-refractivity contribution in [1.29, 1.82) is 0 Å². The normalized spacial score (nSPS) is 13.2. The zero-order valence-corrected chi connectivity index (χ0v) is 16.5. The van der Waals surface area contributed by atoms with Gasteiger partial charge in [-0.05, 0) is 26.0 Å². The Balaban J connectivity index is 0.000000527. The molecule has 10 heteroatoms. The number of methoxy groups -OCH3 is 2. The fourth-order valence-electron chi connectivity index (χ4n) is 2.21. The zero-order valence-electron chi connectivity index (χ0n) is 15.7. The summed E-state index contributed by atoms with van der Waals surface area (Å²) in [6.45, 7) is 5.01. The Bertz CT molecular complexity index is 619. The van der Waals surface area contributed by atoms with Gasteiger partial charge in [-0.2, -0.15) is 0 Å². The monoisotopic (exact) mass is 405 g/mol. The lowest BCUT2D eigenvalue weighted by Gasteiger charge is -2.20. The van der Waals surface area contributed by atoms with Gasteiger partial charge in [-0.3, -0.25) is 5.32 Å². The quantitative estimate of drug-likeness (QED) is 0.715. The number of nitrogens with one attached hydrogen (secondary N) is 1. The molecule has 0 aliphatic carbocycles. The highest BCUT2D eigenvalue weighted by Crippen LogP contribution is 2.42. The number of carbonyl (C=O) groups excluding carboxylic acids is 2. The molecule has 9 nitrogen and oxygen atoms in total. The second kappa shape index (κ2) is 12.2.